The SMILES string of the molecule is NC[C@@H]1CCN(Cc2ccc(OCCc3ccccc3)cc2)C1. The topological polar surface area (TPSA) is 38.5 Å². The highest BCUT2D eigenvalue weighted by atomic mass is 16.5. The van der Waals surface area contributed by atoms with Gasteiger partial charge in [-0.2, -0.15) is 0 Å². The summed E-state index contributed by atoms with van der Waals surface area (Å²) < 4.78 is 5.84. The Kier molecular flexibility index (Phi) is 5.67. The van der Waals surface area contributed by atoms with Crippen molar-refractivity contribution < 1.29 is 4.74 Å². The second kappa shape index (κ2) is 8.14. The van der Waals surface area contributed by atoms with Crippen molar-refractivity contribution in [2.24, 2.45) is 11.7 Å². The molecule has 2 aromatic carbocycles. The van der Waals surface area contributed by atoms with E-state index in [1.54, 1.807) is 0 Å². The molecular weight excluding hydrogens is 284 g/mol. The predicted molar refractivity (Wildman–Crippen MR) is 94.5 cm³/mol. The summed E-state index contributed by atoms with van der Waals surface area (Å²) in [5.74, 6) is 1.63. The monoisotopic (exact) mass is 310 g/mol. The Morgan fingerprint density at radius 1 is 1.00 bits per heavy atom. The van der Waals surface area contributed by atoms with Crippen LogP contribution in [0.1, 0.15) is 17.5 Å². The lowest BCUT2D eigenvalue weighted by Gasteiger charge is -2.16. The van der Waals surface area contributed by atoms with Gasteiger partial charge in [-0.3, -0.25) is 4.90 Å². The van der Waals surface area contributed by atoms with E-state index >= 15 is 0 Å². The van der Waals surface area contributed by atoms with Gasteiger partial charge in [0.25, 0.3) is 0 Å². The van der Waals surface area contributed by atoms with Gasteiger partial charge in [0.2, 0.25) is 0 Å². The molecule has 0 saturated carbocycles. The zero-order valence-electron chi connectivity index (χ0n) is 13.7. The predicted octanol–water partition coefficient (Wildman–Crippen LogP) is 3.09. The molecule has 122 valence electrons. The number of rotatable bonds is 7. The van der Waals surface area contributed by atoms with Crippen LogP contribution >= 0.6 is 0 Å². The third-order valence-electron chi connectivity index (χ3n) is 4.54. The maximum absolute atomic E-state index is 5.84. The van der Waals surface area contributed by atoms with Crippen molar-refractivity contribution in [2.75, 3.05) is 26.2 Å². The van der Waals surface area contributed by atoms with E-state index in [9.17, 15) is 0 Å². The molecule has 3 nitrogen and oxygen atoms in total. The molecule has 23 heavy (non-hydrogen) atoms. The van der Waals surface area contributed by atoms with Crippen LogP contribution in [0.15, 0.2) is 54.6 Å². The average molecular weight is 310 g/mol. The fourth-order valence-electron chi connectivity index (χ4n) is 3.13. The van der Waals surface area contributed by atoms with Crippen molar-refractivity contribution in [1.29, 1.82) is 0 Å². The summed E-state index contributed by atoms with van der Waals surface area (Å²) in [5.41, 5.74) is 8.41. The molecule has 0 bridgehead atoms. The van der Waals surface area contributed by atoms with Crippen LogP contribution in [0.25, 0.3) is 0 Å². The van der Waals surface area contributed by atoms with E-state index < -0.39 is 0 Å². The van der Waals surface area contributed by atoms with Gasteiger partial charge in [-0.1, -0.05) is 42.5 Å². The molecule has 1 saturated heterocycles. The first-order chi connectivity index (χ1) is 11.3. The highest BCUT2D eigenvalue weighted by molar-refractivity contribution is 5.27. The summed E-state index contributed by atoms with van der Waals surface area (Å²) in [5, 5.41) is 0. The first-order valence-corrected chi connectivity index (χ1v) is 8.51. The molecule has 1 heterocycles. The van der Waals surface area contributed by atoms with Crippen LogP contribution in [0.5, 0.6) is 5.75 Å². The molecular formula is C20H26N2O. The van der Waals surface area contributed by atoms with E-state index in [2.05, 4.69) is 53.4 Å². The molecule has 2 aromatic rings. The molecule has 0 radical (unpaired) electrons. The van der Waals surface area contributed by atoms with Crippen LogP contribution in [0.4, 0.5) is 0 Å². The van der Waals surface area contributed by atoms with Gasteiger partial charge in [0.15, 0.2) is 0 Å². The summed E-state index contributed by atoms with van der Waals surface area (Å²) in [6.07, 6.45) is 2.17. The molecule has 0 amide bonds. The zero-order chi connectivity index (χ0) is 15.9. The van der Waals surface area contributed by atoms with Crippen molar-refractivity contribution in [3.8, 4) is 5.75 Å². The van der Waals surface area contributed by atoms with Gasteiger partial charge in [0.05, 0.1) is 6.61 Å². The Balaban J connectivity index is 1.44. The first-order valence-electron chi connectivity index (χ1n) is 8.51. The van der Waals surface area contributed by atoms with Gasteiger partial charge in [0.1, 0.15) is 5.75 Å². The summed E-state index contributed by atoms with van der Waals surface area (Å²) in [6, 6.07) is 19.0. The van der Waals surface area contributed by atoms with E-state index in [4.69, 9.17) is 10.5 Å². The standard InChI is InChI=1S/C20H26N2O/c21-14-19-10-12-22(16-19)15-18-6-8-20(9-7-18)23-13-11-17-4-2-1-3-5-17/h1-9,19H,10-16,21H2/t19-/m0/s1. The Morgan fingerprint density at radius 2 is 1.78 bits per heavy atom. The first kappa shape index (κ1) is 16.0. The summed E-state index contributed by atoms with van der Waals surface area (Å²) in [4.78, 5) is 2.49. The lowest BCUT2D eigenvalue weighted by molar-refractivity contribution is 0.314. The van der Waals surface area contributed by atoms with E-state index in [0.29, 0.717) is 12.5 Å². The normalized spacial score (nSPS) is 18.2. The van der Waals surface area contributed by atoms with Gasteiger partial charge >= 0.3 is 0 Å². The number of hydrogen-bond acceptors (Lipinski definition) is 3. The molecule has 1 aliphatic heterocycles. The molecule has 1 atom stereocenters. The van der Waals surface area contributed by atoms with Gasteiger partial charge in [-0.25, -0.2) is 0 Å². The highest BCUT2D eigenvalue weighted by Gasteiger charge is 2.20. The minimum atomic E-state index is 0.676. The van der Waals surface area contributed by atoms with Gasteiger partial charge in [0, 0.05) is 19.5 Å². The Bertz CT molecular complexity index is 582. The molecule has 3 rings (SSSR count). The maximum Gasteiger partial charge on any atom is 0.119 e. The number of benzene rings is 2. The van der Waals surface area contributed by atoms with Crippen LogP contribution in [0, 0.1) is 5.92 Å². The molecule has 0 unspecified atom stereocenters. The van der Waals surface area contributed by atoms with Crippen LogP contribution in [0.2, 0.25) is 0 Å². The molecule has 1 aliphatic rings. The van der Waals surface area contributed by atoms with Gasteiger partial charge in [-0.15, -0.1) is 0 Å². The highest BCUT2D eigenvalue weighted by Crippen LogP contribution is 2.19. The van der Waals surface area contributed by atoms with Crippen molar-refractivity contribution in [2.45, 2.75) is 19.4 Å². The van der Waals surface area contributed by atoms with Crippen LogP contribution in [-0.2, 0) is 13.0 Å². The smallest absolute Gasteiger partial charge is 0.119 e. The fourth-order valence-corrected chi connectivity index (χ4v) is 3.13. The molecule has 0 spiro atoms. The van der Waals surface area contributed by atoms with Crippen molar-refractivity contribution in [3.63, 3.8) is 0 Å². The molecule has 3 heteroatoms. The quantitative estimate of drug-likeness (QED) is 0.854. The summed E-state index contributed by atoms with van der Waals surface area (Å²) >= 11 is 0. The molecule has 2 N–H and O–H groups in total. The number of nitrogens with two attached hydrogens (primary N) is 1. The minimum absolute atomic E-state index is 0.676. The van der Waals surface area contributed by atoms with E-state index in [0.717, 1.165) is 38.3 Å². The zero-order valence-corrected chi connectivity index (χ0v) is 13.7. The summed E-state index contributed by atoms with van der Waals surface area (Å²) in [7, 11) is 0. The lowest BCUT2D eigenvalue weighted by Crippen LogP contribution is -2.22. The third kappa shape index (κ3) is 4.81. The lowest BCUT2D eigenvalue weighted by atomic mass is 10.1. The van der Waals surface area contributed by atoms with Crippen molar-refractivity contribution in [3.05, 3.63) is 65.7 Å². The summed E-state index contributed by atoms with van der Waals surface area (Å²) in [6.45, 7) is 4.84. The average Bonchev–Trinajstić information content (AvgIpc) is 3.05. The maximum atomic E-state index is 5.84. The Hall–Kier alpha value is -1.84. The fraction of sp³-hybridized carbons (Fsp3) is 0.400. The second-order valence-electron chi connectivity index (χ2n) is 6.35. The number of nitrogens with zero attached hydrogens (tertiary/aromatic N) is 1. The van der Waals surface area contributed by atoms with Crippen molar-refractivity contribution >= 4 is 0 Å². The Labute approximate surface area is 139 Å². The second-order valence-corrected chi connectivity index (χ2v) is 6.35. The van der Waals surface area contributed by atoms with E-state index in [-0.39, 0.29) is 0 Å². The van der Waals surface area contributed by atoms with Crippen LogP contribution in [0.3, 0.4) is 0 Å². The molecule has 0 aliphatic carbocycles. The van der Waals surface area contributed by atoms with Gasteiger partial charge < -0.3 is 10.5 Å². The number of ether oxygens (including phenoxy) is 1. The van der Waals surface area contributed by atoms with Gasteiger partial charge in [-0.05, 0) is 48.7 Å². The van der Waals surface area contributed by atoms with Crippen LogP contribution in [-0.4, -0.2) is 31.1 Å². The molecule has 0 aromatic heterocycles. The molecule has 1 fully saturated rings. The van der Waals surface area contributed by atoms with Crippen LogP contribution < -0.4 is 10.5 Å². The number of likely N-dealkylation sites (tertiary alicyclic amines) is 1. The minimum Gasteiger partial charge on any atom is -0.493 e. The largest absolute Gasteiger partial charge is 0.493 e. The van der Waals surface area contributed by atoms with Crippen molar-refractivity contribution in [1.82, 2.24) is 4.90 Å². The third-order valence-corrected chi connectivity index (χ3v) is 4.54. The van der Waals surface area contributed by atoms with E-state index in [1.807, 2.05) is 6.07 Å². The van der Waals surface area contributed by atoms with E-state index in [1.165, 1.54) is 17.5 Å². The Morgan fingerprint density at radius 3 is 2.48 bits per heavy atom. The number of hydrogen-bond donors (Lipinski definition) is 1.